The molecule has 63 heavy (non-hydrogen) atoms. The standard InChI is InChI=1S/C49H56BN7O6/c1-2-42(34-6-4-3-5-7-34)46(35-8-12-38(13-9-35)50(62)63)36-10-14-39(15-11-36)52-28-30-56(31-29-52)49(61)55-22-20-40(21-23-55)53-24-26-54(27-25-53)41-16-17-43-37(32-41)33-57(48(43)60)44-18-19-45(58)51-47(44)59/h3-17,32,40,44,62-63H,2,18-31,33H2,1H3,(H,51,58,59)/b46-42-. The molecular formula is C49H56BN7O6. The molecule has 0 radical (unpaired) electrons. The minimum Gasteiger partial charge on any atom is -0.423 e. The van der Waals surface area contributed by atoms with Gasteiger partial charge in [0.1, 0.15) is 6.04 Å². The molecule has 0 saturated carbocycles. The van der Waals surface area contributed by atoms with Gasteiger partial charge in [-0.05, 0) is 94.9 Å². The molecule has 4 aromatic rings. The normalized spacial score (nSPS) is 20.5. The van der Waals surface area contributed by atoms with Crippen molar-refractivity contribution in [2.75, 3.05) is 75.2 Å². The Balaban J connectivity index is 0.756. The number of allylic oxidation sites excluding steroid dienone is 1. The second kappa shape index (κ2) is 18.4. The van der Waals surface area contributed by atoms with Crippen molar-refractivity contribution >= 4 is 58.9 Å². The van der Waals surface area contributed by atoms with Gasteiger partial charge in [-0.2, -0.15) is 0 Å². The number of urea groups is 1. The van der Waals surface area contributed by atoms with E-state index in [1.165, 1.54) is 5.57 Å². The Bertz CT molecular complexity index is 2350. The first kappa shape index (κ1) is 42.4. The maximum Gasteiger partial charge on any atom is 0.488 e. The summed E-state index contributed by atoms with van der Waals surface area (Å²) in [5.74, 6) is -0.823. The van der Waals surface area contributed by atoms with E-state index in [0.717, 1.165) is 111 Å². The molecule has 9 rings (SSSR count). The van der Waals surface area contributed by atoms with Gasteiger partial charge in [-0.25, -0.2) is 4.79 Å². The number of carbonyl (C=O) groups is 4. The van der Waals surface area contributed by atoms with Gasteiger partial charge in [-0.15, -0.1) is 0 Å². The van der Waals surface area contributed by atoms with Crippen LogP contribution in [0, 0.1) is 0 Å². The Morgan fingerprint density at radius 1 is 0.683 bits per heavy atom. The average molecular weight is 850 g/mol. The predicted octanol–water partition coefficient (Wildman–Crippen LogP) is 4.03. The van der Waals surface area contributed by atoms with Crippen molar-refractivity contribution in [3.63, 3.8) is 0 Å². The van der Waals surface area contributed by atoms with Gasteiger partial charge in [-0.1, -0.05) is 73.7 Å². The van der Waals surface area contributed by atoms with Gasteiger partial charge >= 0.3 is 13.1 Å². The fourth-order valence-corrected chi connectivity index (χ4v) is 10.2. The Hall–Kier alpha value is -5.96. The molecule has 4 aromatic carbocycles. The average Bonchev–Trinajstić information content (AvgIpc) is 3.65. The minimum atomic E-state index is -1.52. The van der Waals surface area contributed by atoms with E-state index in [4.69, 9.17) is 0 Å². The first-order valence-corrected chi connectivity index (χ1v) is 22.6. The molecule has 0 spiro atoms. The summed E-state index contributed by atoms with van der Waals surface area (Å²) in [5.41, 5.74) is 9.84. The summed E-state index contributed by atoms with van der Waals surface area (Å²) >= 11 is 0. The summed E-state index contributed by atoms with van der Waals surface area (Å²) in [7, 11) is -1.52. The maximum atomic E-state index is 13.8. The number of hydrogen-bond acceptors (Lipinski definition) is 9. The van der Waals surface area contributed by atoms with Crippen LogP contribution < -0.4 is 20.6 Å². The number of likely N-dealkylation sites (tertiary alicyclic amines) is 1. The molecule has 5 heterocycles. The number of nitrogens with one attached hydrogen (secondary N) is 1. The number of carbonyl (C=O) groups excluding carboxylic acids is 4. The highest BCUT2D eigenvalue weighted by Gasteiger charge is 2.39. The van der Waals surface area contributed by atoms with E-state index >= 15 is 0 Å². The first-order chi connectivity index (χ1) is 30.6. The molecule has 5 aliphatic rings. The molecule has 0 bridgehead atoms. The Morgan fingerprint density at radius 3 is 1.92 bits per heavy atom. The molecular weight excluding hydrogens is 793 g/mol. The van der Waals surface area contributed by atoms with E-state index < -0.39 is 19.1 Å². The molecule has 5 amide bonds. The number of hydrogen-bond donors (Lipinski definition) is 3. The lowest BCUT2D eigenvalue weighted by Crippen LogP contribution is -2.57. The topological polar surface area (TPSA) is 140 Å². The molecule has 1 unspecified atom stereocenters. The summed E-state index contributed by atoms with van der Waals surface area (Å²) in [5, 5.41) is 21.8. The number of rotatable bonds is 9. The van der Waals surface area contributed by atoms with Crippen molar-refractivity contribution in [3.8, 4) is 0 Å². The van der Waals surface area contributed by atoms with Gasteiger partial charge in [0, 0.05) is 101 Å². The fraction of sp³-hybridized carbons (Fsp3) is 0.388. The highest BCUT2D eigenvalue weighted by atomic mass is 16.4. The zero-order valence-electron chi connectivity index (χ0n) is 36.0. The molecule has 13 nitrogen and oxygen atoms in total. The SMILES string of the molecule is CC/C(=C(\c1ccc(B(O)O)cc1)c1ccc(N2CCN(C(=O)N3CCC(N4CCN(c5ccc6c(c5)CN(C5CCC(=O)NC5=O)C6=O)CC4)CC3)CC2)cc1)c1ccccc1. The Kier molecular flexibility index (Phi) is 12.4. The largest absolute Gasteiger partial charge is 0.488 e. The van der Waals surface area contributed by atoms with Gasteiger partial charge in [-0.3, -0.25) is 24.6 Å². The molecule has 4 fully saturated rings. The number of nitrogens with zero attached hydrogens (tertiary/aromatic N) is 6. The maximum absolute atomic E-state index is 13.8. The Morgan fingerprint density at radius 2 is 1.29 bits per heavy atom. The van der Waals surface area contributed by atoms with E-state index in [1.54, 1.807) is 17.0 Å². The quantitative estimate of drug-likeness (QED) is 0.130. The van der Waals surface area contributed by atoms with E-state index in [2.05, 4.69) is 81.5 Å². The second-order valence-electron chi connectivity index (χ2n) is 17.4. The summed E-state index contributed by atoms with van der Waals surface area (Å²) in [6.07, 6.45) is 3.35. The lowest BCUT2D eigenvalue weighted by Gasteiger charge is -2.44. The van der Waals surface area contributed by atoms with Crippen LogP contribution in [0.5, 0.6) is 0 Å². The molecule has 326 valence electrons. The van der Waals surface area contributed by atoms with Crippen molar-refractivity contribution in [1.29, 1.82) is 0 Å². The van der Waals surface area contributed by atoms with Crippen molar-refractivity contribution in [3.05, 3.63) is 125 Å². The smallest absolute Gasteiger partial charge is 0.423 e. The lowest BCUT2D eigenvalue weighted by atomic mass is 9.79. The van der Waals surface area contributed by atoms with Crippen molar-refractivity contribution in [1.82, 2.24) is 24.9 Å². The number of piperazine rings is 2. The van der Waals surface area contributed by atoms with Gasteiger partial charge in [0.05, 0.1) is 0 Å². The van der Waals surface area contributed by atoms with Gasteiger partial charge in [0.25, 0.3) is 5.91 Å². The zero-order valence-corrected chi connectivity index (χ0v) is 36.0. The van der Waals surface area contributed by atoms with Crippen LogP contribution in [0.25, 0.3) is 11.1 Å². The number of amides is 5. The number of piperidine rings is 2. The molecule has 0 aliphatic carbocycles. The third-order valence-corrected chi connectivity index (χ3v) is 13.8. The van der Waals surface area contributed by atoms with Crippen LogP contribution in [0.2, 0.25) is 0 Å². The highest BCUT2D eigenvalue weighted by molar-refractivity contribution is 6.58. The zero-order chi connectivity index (χ0) is 43.6. The molecule has 5 aliphatic heterocycles. The number of anilines is 2. The Labute approximate surface area is 369 Å². The van der Waals surface area contributed by atoms with Crippen molar-refractivity contribution < 1.29 is 29.2 Å². The van der Waals surface area contributed by atoms with Crippen LogP contribution in [-0.4, -0.2) is 138 Å². The van der Waals surface area contributed by atoms with Crippen LogP contribution in [0.4, 0.5) is 16.2 Å². The summed E-state index contributed by atoms with van der Waals surface area (Å²) in [4.78, 5) is 64.1. The fourth-order valence-electron chi connectivity index (χ4n) is 10.2. The number of imide groups is 1. The second-order valence-corrected chi connectivity index (χ2v) is 17.4. The first-order valence-electron chi connectivity index (χ1n) is 22.6. The molecule has 1 atom stereocenters. The molecule has 0 aromatic heterocycles. The third-order valence-electron chi connectivity index (χ3n) is 13.8. The summed E-state index contributed by atoms with van der Waals surface area (Å²) in [6.45, 7) is 10.6. The molecule has 3 N–H and O–H groups in total. The van der Waals surface area contributed by atoms with E-state index in [9.17, 15) is 29.2 Å². The van der Waals surface area contributed by atoms with Gasteiger partial charge in [0.15, 0.2) is 0 Å². The minimum absolute atomic E-state index is 0.141. The van der Waals surface area contributed by atoms with E-state index in [-0.39, 0.29) is 24.3 Å². The van der Waals surface area contributed by atoms with Crippen molar-refractivity contribution in [2.45, 2.75) is 57.7 Å². The molecule has 14 heteroatoms. The lowest BCUT2D eigenvalue weighted by molar-refractivity contribution is -0.136. The third kappa shape index (κ3) is 8.84. The number of benzene rings is 4. The molecule has 4 saturated heterocycles. The summed E-state index contributed by atoms with van der Waals surface area (Å²) < 4.78 is 0. The predicted molar refractivity (Wildman–Crippen MR) is 245 cm³/mol. The monoisotopic (exact) mass is 849 g/mol. The van der Waals surface area contributed by atoms with Gasteiger partial charge in [0.2, 0.25) is 11.8 Å². The van der Waals surface area contributed by atoms with Crippen LogP contribution >= 0.6 is 0 Å². The number of fused-ring (bicyclic) bond motifs is 1. The van der Waals surface area contributed by atoms with E-state index in [0.29, 0.717) is 43.1 Å². The van der Waals surface area contributed by atoms with E-state index in [1.807, 2.05) is 40.1 Å². The van der Waals surface area contributed by atoms with Crippen LogP contribution in [0.3, 0.4) is 0 Å². The van der Waals surface area contributed by atoms with Crippen LogP contribution in [-0.2, 0) is 16.1 Å². The van der Waals surface area contributed by atoms with Gasteiger partial charge < -0.3 is 34.5 Å². The van der Waals surface area contributed by atoms with Crippen molar-refractivity contribution in [2.24, 2.45) is 0 Å². The highest BCUT2D eigenvalue weighted by Crippen LogP contribution is 2.36. The van der Waals surface area contributed by atoms with Crippen LogP contribution in [0.1, 0.15) is 71.6 Å². The van der Waals surface area contributed by atoms with Crippen LogP contribution in [0.15, 0.2) is 97.1 Å². The summed E-state index contributed by atoms with van der Waals surface area (Å²) in [6, 6.07) is 32.5.